The number of benzene rings is 2. The van der Waals surface area contributed by atoms with Crippen molar-refractivity contribution in [3.8, 4) is 22.4 Å². The van der Waals surface area contributed by atoms with Gasteiger partial charge >= 0.3 is 5.97 Å². The summed E-state index contributed by atoms with van der Waals surface area (Å²) in [7, 11) is 2.15. The van der Waals surface area contributed by atoms with Gasteiger partial charge in [-0.15, -0.1) is 0 Å². The van der Waals surface area contributed by atoms with E-state index in [1.807, 2.05) is 45.0 Å². The van der Waals surface area contributed by atoms with E-state index in [-0.39, 0.29) is 14.9 Å². The molecule has 2 aromatic carbocycles. The van der Waals surface area contributed by atoms with Crippen LogP contribution in [0.1, 0.15) is 32.6 Å². The van der Waals surface area contributed by atoms with Gasteiger partial charge in [-0.2, -0.15) is 0 Å². The molecule has 40 heavy (non-hydrogen) atoms. The maximum atomic E-state index is 12.7. The Kier molecular flexibility index (Phi) is 7.71. The maximum Gasteiger partial charge on any atom is 0.339 e. The summed E-state index contributed by atoms with van der Waals surface area (Å²) in [6.07, 6.45) is 2.55. The van der Waals surface area contributed by atoms with Gasteiger partial charge in [-0.3, -0.25) is 4.79 Å². The van der Waals surface area contributed by atoms with Crippen LogP contribution in [0.25, 0.3) is 33.4 Å². The molecular weight excluding hydrogens is 502 g/mol. The number of anilines is 2. The molecule has 8 nitrogen and oxygen atoms in total. The zero-order valence-electron chi connectivity index (χ0n) is 23.5. The number of aromatic nitrogens is 2. The predicted octanol–water partition coefficient (Wildman–Crippen LogP) is 6.14. The number of likely N-dealkylation sites (N-methyl/N-ethyl adjacent to an activating group) is 1. The lowest BCUT2D eigenvalue weighted by Gasteiger charge is -2.34. The Bertz CT molecular complexity index is 1580. The van der Waals surface area contributed by atoms with Crippen LogP contribution in [-0.4, -0.2) is 66.1 Å². The van der Waals surface area contributed by atoms with Gasteiger partial charge in [0.15, 0.2) is 0 Å². The largest absolute Gasteiger partial charge is 0.459 e. The molecule has 0 bridgehead atoms. The highest BCUT2D eigenvalue weighted by Gasteiger charge is 2.21. The fourth-order valence-corrected chi connectivity index (χ4v) is 4.98. The number of fused-ring (bicyclic) bond motifs is 1. The highest BCUT2D eigenvalue weighted by Crippen LogP contribution is 2.40. The number of carbonyl (C=O) groups excluding carboxylic acids is 2. The number of piperazine rings is 1. The number of amides is 1. The molecule has 1 aliphatic heterocycles. The van der Waals surface area contributed by atoms with E-state index in [0.29, 0.717) is 16.9 Å². The van der Waals surface area contributed by atoms with Crippen molar-refractivity contribution >= 4 is 34.3 Å². The minimum atomic E-state index is -0.419. The van der Waals surface area contributed by atoms with Crippen molar-refractivity contribution in [2.75, 3.05) is 43.4 Å². The number of aryl methyl sites for hydroxylation is 1. The number of ether oxygens (including phenoxy) is 1. The van der Waals surface area contributed by atoms with Crippen molar-refractivity contribution in [2.24, 2.45) is 0 Å². The molecule has 0 saturated carbocycles. The monoisotopic (exact) mass is 541 g/mol. The van der Waals surface area contributed by atoms with Crippen molar-refractivity contribution in [1.29, 1.82) is 0 Å². The Balaban J connectivity index is 0.00000242. The minimum absolute atomic E-state index is 0. The molecule has 2 aromatic heterocycles. The number of aromatic amines is 1. The molecule has 8 heteroatoms. The smallest absolute Gasteiger partial charge is 0.339 e. The Morgan fingerprint density at radius 3 is 2.45 bits per heavy atom. The minimum Gasteiger partial charge on any atom is -0.459 e. The summed E-state index contributed by atoms with van der Waals surface area (Å²) in [5, 5.41) is 3.69. The first-order valence-electron chi connectivity index (χ1n) is 13.5. The molecule has 1 aliphatic rings. The topological polar surface area (TPSA) is 90.6 Å². The van der Waals surface area contributed by atoms with Gasteiger partial charge in [0, 0.05) is 57.6 Å². The summed E-state index contributed by atoms with van der Waals surface area (Å²) in [6.45, 7) is 13.2. The lowest BCUT2D eigenvalue weighted by molar-refractivity contribution is -0.111. The van der Waals surface area contributed by atoms with E-state index in [4.69, 9.17) is 4.74 Å². The molecule has 0 unspecified atom stereocenters. The van der Waals surface area contributed by atoms with Crippen LogP contribution in [-0.2, 0) is 9.53 Å². The average molecular weight is 542 g/mol. The predicted molar refractivity (Wildman–Crippen MR) is 165 cm³/mol. The van der Waals surface area contributed by atoms with Crippen molar-refractivity contribution in [1.82, 2.24) is 14.9 Å². The van der Waals surface area contributed by atoms with E-state index < -0.39 is 5.97 Å². The maximum absolute atomic E-state index is 12.7. The third kappa shape index (κ3) is 5.62. The third-order valence-electron chi connectivity index (χ3n) is 7.22. The standard InChI is InChI=1S/C32H35N5O3.2H2/c1-6-28(38)34-27-18-23(8-7-21(27)4)29-26-17-24(32(39)40-20(2)3)19-33-31(26)35-30(29)22-9-11-25(12-10-22)37-15-13-36(5)14-16-37;;/h6-12,17-20H,1,13-16H2,2-5H3,(H,33,35)(H,34,38);2*1H. The molecule has 0 radical (unpaired) electrons. The van der Waals surface area contributed by atoms with Crippen LogP contribution in [0, 0.1) is 6.92 Å². The van der Waals surface area contributed by atoms with E-state index in [9.17, 15) is 9.59 Å². The Morgan fingerprint density at radius 2 is 1.77 bits per heavy atom. The summed E-state index contributed by atoms with van der Waals surface area (Å²) < 4.78 is 5.44. The highest BCUT2D eigenvalue weighted by molar-refractivity contribution is 6.06. The van der Waals surface area contributed by atoms with Crippen LogP contribution in [0.4, 0.5) is 11.4 Å². The number of nitrogens with zero attached hydrogens (tertiary/aromatic N) is 3. The number of esters is 1. The highest BCUT2D eigenvalue weighted by atomic mass is 16.5. The average Bonchev–Trinajstić information content (AvgIpc) is 3.33. The molecule has 1 amide bonds. The van der Waals surface area contributed by atoms with Crippen LogP contribution >= 0.6 is 0 Å². The fraction of sp³-hybridized carbons (Fsp3) is 0.281. The Labute approximate surface area is 237 Å². The Hall–Kier alpha value is -4.43. The van der Waals surface area contributed by atoms with Crippen molar-refractivity contribution in [3.63, 3.8) is 0 Å². The summed E-state index contributed by atoms with van der Waals surface area (Å²) in [5.74, 6) is -0.697. The summed E-state index contributed by atoms with van der Waals surface area (Å²) >= 11 is 0. The van der Waals surface area contributed by atoms with Gasteiger partial charge in [-0.25, -0.2) is 9.78 Å². The van der Waals surface area contributed by atoms with Crippen LogP contribution in [0.2, 0.25) is 0 Å². The lowest BCUT2D eigenvalue weighted by Crippen LogP contribution is -2.44. The Morgan fingerprint density at radius 1 is 1.07 bits per heavy atom. The zero-order chi connectivity index (χ0) is 28.4. The lowest BCUT2D eigenvalue weighted by atomic mass is 9.96. The molecule has 0 atom stereocenters. The summed E-state index contributed by atoms with van der Waals surface area (Å²) in [5.41, 5.74) is 7.50. The van der Waals surface area contributed by atoms with Crippen LogP contribution in [0.15, 0.2) is 67.4 Å². The first-order valence-corrected chi connectivity index (χ1v) is 13.5. The molecule has 3 heterocycles. The number of nitrogens with one attached hydrogen (secondary N) is 2. The number of H-pyrrole nitrogens is 1. The van der Waals surface area contributed by atoms with Crippen LogP contribution < -0.4 is 10.2 Å². The van der Waals surface area contributed by atoms with Gasteiger partial charge in [-0.05, 0) is 74.9 Å². The molecule has 1 saturated heterocycles. The van der Waals surface area contributed by atoms with Gasteiger partial charge in [0.1, 0.15) is 5.65 Å². The van der Waals surface area contributed by atoms with E-state index >= 15 is 0 Å². The number of rotatable bonds is 7. The second kappa shape index (κ2) is 11.4. The van der Waals surface area contributed by atoms with Gasteiger partial charge < -0.3 is 24.8 Å². The van der Waals surface area contributed by atoms with Gasteiger partial charge in [0.2, 0.25) is 5.91 Å². The quantitative estimate of drug-likeness (QED) is 0.216. The molecule has 5 rings (SSSR count). The van der Waals surface area contributed by atoms with Gasteiger partial charge in [-0.1, -0.05) is 30.8 Å². The van der Waals surface area contributed by atoms with Crippen molar-refractivity contribution < 1.29 is 17.2 Å². The first-order chi connectivity index (χ1) is 19.2. The summed E-state index contributed by atoms with van der Waals surface area (Å²) in [6, 6.07) is 16.3. The molecule has 210 valence electrons. The molecule has 4 aromatic rings. The number of hydrogen-bond acceptors (Lipinski definition) is 6. The van der Waals surface area contributed by atoms with E-state index in [1.165, 1.54) is 11.8 Å². The van der Waals surface area contributed by atoms with Gasteiger partial charge in [0.25, 0.3) is 0 Å². The van der Waals surface area contributed by atoms with E-state index in [2.05, 4.69) is 63.0 Å². The first kappa shape index (κ1) is 27.1. The van der Waals surface area contributed by atoms with E-state index in [1.54, 1.807) is 6.20 Å². The normalized spacial score (nSPS) is 14.0. The van der Waals surface area contributed by atoms with Crippen LogP contribution in [0.5, 0.6) is 0 Å². The zero-order valence-corrected chi connectivity index (χ0v) is 23.5. The van der Waals surface area contributed by atoms with Gasteiger partial charge in [0.05, 0.1) is 17.4 Å². The SMILES string of the molecule is C=CC(=O)Nc1cc(-c2c(-c3ccc(N4CCN(C)CC4)cc3)[nH]c3ncc(C(=O)OC(C)C)cc23)ccc1C.[HH].[HH]. The molecule has 1 fully saturated rings. The van der Waals surface area contributed by atoms with Crippen LogP contribution in [0.3, 0.4) is 0 Å². The number of hydrogen-bond donors (Lipinski definition) is 2. The second-order valence-electron chi connectivity index (χ2n) is 10.5. The fourth-order valence-electron chi connectivity index (χ4n) is 4.98. The van der Waals surface area contributed by atoms with Crippen molar-refractivity contribution in [3.05, 3.63) is 78.5 Å². The van der Waals surface area contributed by atoms with E-state index in [0.717, 1.165) is 59.5 Å². The molecule has 0 aliphatic carbocycles. The second-order valence-corrected chi connectivity index (χ2v) is 10.5. The van der Waals surface area contributed by atoms with Crippen molar-refractivity contribution in [2.45, 2.75) is 26.9 Å². The number of pyridine rings is 1. The molecule has 2 N–H and O–H groups in total. The number of carbonyl (C=O) groups is 2. The summed E-state index contributed by atoms with van der Waals surface area (Å²) in [4.78, 5) is 37.7. The third-order valence-corrected chi connectivity index (χ3v) is 7.22. The molecular formula is C32H39N5O3. The molecule has 0 spiro atoms.